The predicted octanol–water partition coefficient (Wildman–Crippen LogP) is 2.60. The van der Waals surface area contributed by atoms with Crippen molar-refractivity contribution in [2.45, 2.75) is 31.4 Å². The number of carbonyl (C=O) groups excluding carboxylic acids is 1. The summed E-state index contributed by atoms with van der Waals surface area (Å²) in [4.78, 5) is 14.3. The molecule has 3 rings (SSSR count). The molecule has 3 nitrogen and oxygen atoms in total. The van der Waals surface area contributed by atoms with Gasteiger partial charge in [-0.2, -0.15) is 0 Å². The van der Waals surface area contributed by atoms with Gasteiger partial charge in [-0.15, -0.1) is 0 Å². The van der Waals surface area contributed by atoms with Gasteiger partial charge in [0.15, 0.2) is 0 Å². The van der Waals surface area contributed by atoms with E-state index >= 15 is 0 Å². The van der Waals surface area contributed by atoms with Gasteiger partial charge in [-0.05, 0) is 44.4 Å². The molecular formula is C15H17F2NO2. The second kappa shape index (κ2) is 5.13. The Hall–Kier alpha value is -1.49. The largest absolute Gasteiger partial charge is 0.459 e. The van der Waals surface area contributed by atoms with Gasteiger partial charge in [-0.3, -0.25) is 0 Å². The van der Waals surface area contributed by atoms with E-state index in [2.05, 4.69) is 11.9 Å². The number of nitrogens with zero attached hydrogens (tertiary/aromatic N) is 1. The van der Waals surface area contributed by atoms with E-state index in [0.29, 0.717) is 12.0 Å². The van der Waals surface area contributed by atoms with Gasteiger partial charge in [-0.25, -0.2) is 13.6 Å². The first-order chi connectivity index (χ1) is 9.51. The smallest absolute Gasteiger partial charge is 0.338 e. The maximum atomic E-state index is 13.1. The molecule has 2 aliphatic rings. The lowest BCUT2D eigenvalue weighted by Crippen LogP contribution is -2.32. The molecule has 1 aromatic carbocycles. The topological polar surface area (TPSA) is 29.5 Å². The Balaban J connectivity index is 1.67. The third kappa shape index (κ3) is 2.68. The summed E-state index contributed by atoms with van der Waals surface area (Å²) >= 11 is 0. The summed E-state index contributed by atoms with van der Waals surface area (Å²) < 4.78 is 31.6. The maximum Gasteiger partial charge on any atom is 0.338 e. The minimum Gasteiger partial charge on any atom is -0.459 e. The first-order valence-corrected chi connectivity index (χ1v) is 6.88. The van der Waals surface area contributed by atoms with E-state index in [9.17, 15) is 13.6 Å². The molecule has 20 heavy (non-hydrogen) atoms. The van der Waals surface area contributed by atoms with Crippen LogP contribution < -0.4 is 0 Å². The SMILES string of the molecule is CN1CC2CC(OC(=O)c3cc(F)cc(F)c3)CC1C2. The summed E-state index contributed by atoms with van der Waals surface area (Å²) in [7, 11) is 2.08. The summed E-state index contributed by atoms with van der Waals surface area (Å²) in [6.45, 7) is 1.04. The lowest BCUT2D eigenvalue weighted by atomic mass is 9.88. The third-order valence-electron chi connectivity index (χ3n) is 4.28. The lowest BCUT2D eigenvalue weighted by Gasteiger charge is -2.28. The monoisotopic (exact) mass is 281 g/mol. The van der Waals surface area contributed by atoms with Gasteiger partial charge >= 0.3 is 5.97 Å². The number of likely N-dealkylation sites (tertiary alicyclic amines) is 1. The molecule has 0 radical (unpaired) electrons. The zero-order chi connectivity index (χ0) is 14.3. The van der Waals surface area contributed by atoms with Crippen LogP contribution in [0.3, 0.4) is 0 Å². The Bertz CT molecular complexity index is 512. The molecule has 2 bridgehead atoms. The van der Waals surface area contributed by atoms with Crippen molar-refractivity contribution in [2.24, 2.45) is 5.92 Å². The number of rotatable bonds is 2. The van der Waals surface area contributed by atoms with E-state index in [0.717, 1.165) is 44.0 Å². The fraction of sp³-hybridized carbons (Fsp3) is 0.533. The van der Waals surface area contributed by atoms with Crippen molar-refractivity contribution < 1.29 is 18.3 Å². The predicted molar refractivity (Wildman–Crippen MR) is 69.3 cm³/mol. The molecule has 1 aromatic rings. The van der Waals surface area contributed by atoms with Gasteiger partial charge in [-0.1, -0.05) is 0 Å². The van der Waals surface area contributed by atoms with Gasteiger partial charge in [0.25, 0.3) is 0 Å². The van der Waals surface area contributed by atoms with Crippen LogP contribution in [-0.4, -0.2) is 36.6 Å². The summed E-state index contributed by atoms with van der Waals surface area (Å²) in [6.07, 6.45) is 2.64. The molecule has 5 heteroatoms. The van der Waals surface area contributed by atoms with Crippen molar-refractivity contribution in [3.63, 3.8) is 0 Å². The van der Waals surface area contributed by atoms with Gasteiger partial charge in [0, 0.05) is 18.7 Å². The van der Waals surface area contributed by atoms with Gasteiger partial charge in [0.05, 0.1) is 5.56 Å². The van der Waals surface area contributed by atoms with Crippen LogP contribution in [0.5, 0.6) is 0 Å². The molecule has 0 amide bonds. The van der Waals surface area contributed by atoms with E-state index in [1.165, 1.54) is 0 Å². The van der Waals surface area contributed by atoms with Crippen molar-refractivity contribution in [2.75, 3.05) is 13.6 Å². The molecular weight excluding hydrogens is 264 g/mol. The fourth-order valence-electron chi connectivity index (χ4n) is 3.40. The molecule has 1 saturated heterocycles. The van der Waals surface area contributed by atoms with Crippen LogP contribution in [0.15, 0.2) is 18.2 Å². The van der Waals surface area contributed by atoms with Gasteiger partial charge < -0.3 is 9.64 Å². The fourth-order valence-corrected chi connectivity index (χ4v) is 3.40. The van der Waals surface area contributed by atoms with Crippen LogP contribution in [0.2, 0.25) is 0 Å². The van der Waals surface area contributed by atoms with Crippen molar-refractivity contribution in [3.8, 4) is 0 Å². The normalized spacial score (nSPS) is 29.4. The van der Waals surface area contributed by atoms with E-state index in [-0.39, 0.29) is 11.7 Å². The number of hydrogen-bond acceptors (Lipinski definition) is 3. The molecule has 1 aliphatic heterocycles. The van der Waals surface area contributed by atoms with Crippen LogP contribution in [-0.2, 0) is 4.74 Å². The Morgan fingerprint density at radius 1 is 1.20 bits per heavy atom. The summed E-state index contributed by atoms with van der Waals surface area (Å²) in [5.41, 5.74) is -0.0613. The standard InChI is InChI=1S/C15H17F2NO2/c1-18-8-9-2-13(18)7-14(3-9)20-15(19)10-4-11(16)6-12(17)5-10/h4-6,9,13-14H,2-3,7-8H2,1H3. The molecule has 2 fully saturated rings. The van der Waals surface area contributed by atoms with Gasteiger partial charge in [0.1, 0.15) is 17.7 Å². The Morgan fingerprint density at radius 2 is 1.90 bits per heavy atom. The first-order valence-electron chi connectivity index (χ1n) is 6.88. The maximum absolute atomic E-state index is 13.1. The van der Waals surface area contributed by atoms with Crippen molar-refractivity contribution in [1.82, 2.24) is 4.90 Å². The zero-order valence-electron chi connectivity index (χ0n) is 11.3. The quantitative estimate of drug-likeness (QED) is 0.780. The van der Waals surface area contributed by atoms with Crippen LogP contribution in [0, 0.1) is 17.6 Å². The van der Waals surface area contributed by atoms with Crippen LogP contribution in [0.4, 0.5) is 8.78 Å². The summed E-state index contributed by atoms with van der Waals surface area (Å²) in [6, 6.07) is 3.21. The van der Waals surface area contributed by atoms with E-state index in [1.807, 2.05) is 0 Å². The van der Waals surface area contributed by atoms with Crippen molar-refractivity contribution >= 4 is 5.97 Å². The Morgan fingerprint density at radius 3 is 2.55 bits per heavy atom. The molecule has 1 heterocycles. The molecule has 0 spiro atoms. The number of benzene rings is 1. The highest BCUT2D eigenvalue weighted by Gasteiger charge is 2.39. The summed E-state index contributed by atoms with van der Waals surface area (Å²) in [5.74, 6) is -1.61. The summed E-state index contributed by atoms with van der Waals surface area (Å²) in [5, 5.41) is 0. The van der Waals surface area contributed by atoms with Crippen LogP contribution in [0.25, 0.3) is 0 Å². The van der Waals surface area contributed by atoms with Crippen molar-refractivity contribution in [1.29, 1.82) is 0 Å². The zero-order valence-corrected chi connectivity index (χ0v) is 11.3. The molecule has 1 aliphatic carbocycles. The van der Waals surface area contributed by atoms with Gasteiger partial charge in [0.2, 0.25) is 0 Å². The minimum atomic E-state index is -0.764. The first kappa shape index (κ1) is 13.5. The number of halogens is 2. The molecule has 1 saturated carbocycles. The minimum absolute atomic E-state index is 0.0613. The molecule has 0 aromatic heterocycles. The number of ether oxygens (including phenoxy) is 1. The molecule has 3 unspecified atom stereocenters. The van der Waals surface area contributed by atoms with E-state index < -0.39 is 17.6 Å². The number of carbonyl (C=O) groups is 1. The second-order valence-corrected chi connectivity index (χ2v) is 5.85. The number of esters is 1. The molecule has 3 atom stereocenters. The number of hydrogen-bond donors (Lipinski definition) is 0. The molecule has 108 valence electrons. The highest BCUT2D eigenvalue weighted by atomic mass is 19.1. The van der Waals surface area contributed by atoms with Crippen LogP contribution >= 0.6 is 0 Å². The van der Waals surface area contributed by atoms with E-state index in [4.69, 9.17) is 4.74 Å². The Labute approximate surface area is 116 Å². The van der Waals surface area contributed by atoms with Crippen LogP contribution in [0.1, 0.15) is 29.6 Å². The average Bonchev–Trinajstić information content (AvgIpc) is 2.61. The second-order valence-electron chi connectivity index (χ2n) is 5.85. The average molecular weight is 281 g/mol. The molecule has 0 N–H and O–H groups in total. The van der Waals surface area contributed by atoms with E-state index in [1.54, 1.807) is 0 Å². The highest BCUT2D eigenvalue weighted by Crippen LogP contribution is 2.36. The third-order valence-corrected chi connectivity index (χ3v) is 4.28. The Kier molecular flexibility index (Phi) is 3.46. The van der Waals surface area contributed by atoms with Crippen molar-refractivity contribution in [3.05, 3.63) is 35.4 Å². The lowest BCUT2D eigenvalue weighted by molar-refractivity contribution is 0.0147. The number of fused-ring (bicyclic) bond motifs is 2. The highest BCUT2D eigenvalue weighted by molar-refractivity contribution is 5.89.